The van der Waals surface area contributed by atoms with Gasteiger partial charge in [0.1, 0.15) is 0 Å². The van der Waals surface area contributed by atoms with Gasteiger partial charge in [0.2, 0.25) is 0 Å². The third kappa shape index (κ3) is 6.91. The van der Waals surface area contributed by atoms with Crippen LogP contribution in [-0.2, 0) is 9.71 Å². The average molecular weight is 655 g/mol. The first kappa shape index (κ1) is 31.7. The van der Waals surface area contributed by atoms with Gasteiger partial charge in [-0.05, 0) is 60.6 Å². The van der Waals surface area contributed by atoms with E-state index in [0.717, 1.165) is 5.56 Å². The lowest BCUT2D eigenvalue weighted by atomic mass is 10.0. The Balaban J connectivity index is 1.39. The molecule has 6 rings (SSSR count). The van der Waals surface area contributed by atoms with Crippen LogP contribution in [-0.4, -0.2) is 46.7 Å². The average Bonchev–Trinajstić information content (AvgIpc) is 3.07. The number of nitrogens with two attached hydrogens (primary N) is 1. The number of anilines is 2. The summed E-state index contributed by atoms with van der Waals surface area (Å²) >= 11 is 0. The van der Waals surface area contributed by atoms with E-state index in [1.807, 2.05) is 54.6 Å². The lowest BCUT2D eigenvalue weighted by molar-refractivity contribution is 0.0934. The summed E-state index contributed by atoms with van der Waals surface area (Å²) in [5.74, 6) is 9.20. The molecule has 0 aliphatic rings. The summed E-state index contributed by atoms with van der Waals surface area (Å²) in [4.78, 5) is 44.9. The lowest BCUT2D eigenvalue weighted by Crippen LogP contribution is -2.33. The van der Waals surface area contributed by atoms with Gasteiger partial charge in [0.15, 0.2) is 11.5 Å². The van der Waals surface area contributed by atoms with Crippen molar-refractivity contribution >= 4 is 43.8 Å². The van der Waals surface area contributed by atoms with Crippen LogP contribution in [0.15, 0.2) is 109 Å². The first-order valence-corrected chi connectivity index (χ1v) is 16.9. The van der Waals surface area contributed by atoms with Gasteiger partial charge < -0.3 is 15.8 Å². The number of aromatic nitrogens is 5. The SMILES string of the molecule is C=S(C)(=O)Nc1cncc(-c2cnc(N)c(C(=O)N[C@@H](C)c3cc4cccc(C#Cc5ccncc5)c4c(=O)n3-c3ccccc3)n2)c1. The molecular formula is C36H30N8O3S. The Labute approximate surface area is 277 Å². The van der Waals surface area contributed by atoms with Crippen LogP contribution in [0.3, 0.4) is 0 Å². The Morgan fingerprint density at radius 3 is 2.50 bits per heavy atom. The maximum Gasteiger partial charge on any atom is 0.274 e. The second-order valence-electron chi connectivity index (χ2n) is 11.1. The van der Waals surface area contributed by atoms with Crippen molar-refractivity contribution in [3.8, 4) is 28.8 Å². The zero-order chi connectivity index (χ0) is 33.8. The Kier molecular flexibility index (Phi) is 8.70. The molecule has 2 atom stereocenters. The van der Waals surface area contributed by atoms with Crippen LogP contribution in [0.5, 0.6) is 0 Å². The number of carbonyl (C=O) groups is 1. The number of rotatable bonds is 7. The van der Waals surface area contributed by atoms with E-state index < -0.39 is 21.7 Å². The molecule has 4 aromatic heterocycles. The molecule has 0 aliphatic carbocycles. The molecule has 4 heterocycles. The molecule has 0 bridgehead atoms. The number of nitrogen functional groups attached to an aromatic ring is 1. The van der Waals surface area contributed by atoms with Gasteiger partial charge >= 0.3 is 0 Å². The molecule has 1 amide bonds. The molecule has 0 saturated carbocycles. The van der Waals surface area contributed by atoms with Crippen molar-refractivity contribution in [2.24, 2.45) is 0 Å². The van der Waals surface area contributed by atoms with E-state index in [1.54, 1.807) is 48.3 Å². The molecule has 4 N–H and O–H groups in total. The van der Waals surface area contributed by atoms with E-state index in [9.17, 15) is 13.8 Å². The van der Waals surface area contributed by atoms with Crippen LogP contribution in [0.1, 0.15) is 40.3 Å². The topological polar surface area (TPSA) is 158 Å². The lowest BCUT2D eigenvalue weighted by Gasteiger charge is -2.21. The largest absolute Gasteiger partial charge is 0.382 e. The third-order valence-electron chi connectivity index (χ3n) is 7.29. The molecule has 0 saturated heterocycles. The number of amides is 1. The van der Waals surface area contributed by atoms with Gasteiger partial charge in [-0.1, -0.05) is 42.2 Å². The number of benzene rings is 2. The Bertz CT molecular complexity index is 2400. The molecule has 238 valence electrons. The zero-order valence-corrected chi connectivity index (χ0v) is 26.9. The van der Waals surface area contributed by atoms with Crippen molar-refractivity contribution in [3.63, 3.8) is 0 Å². The molecule has 6 aromatic rings. The molecule has 48 heavy (non-hydrogen) atoms. The Morgan fingerprint density at radius 2 is 1.75 bits per heavy atom. The molecule has 0 aliphatic heterocycles. The minimum Gasteiger partial charge on any atom is -0.382 e. The monoisotopic (exact) mass is 654 g/mol. The van der Waals surface area contributed by atoms with Crippen molar-refractivity contribution in [2.75, 3.05) is 16.7 Å². The Morgan fingerprint density at radius 1 is 0.979 bits per heavy atom. The number of nitrogens with one attached hydrogen (secondary N) is 2. The normalized spacial score (nSPS) is 12.7. The van der Waals surface area contributed by atoms with Gasteiger partial charge in [0.05, 0.1) is 35.2 Å². The number of carbonyl (C=O) groups excluding carboxylic acids is 1. The highest BCUT2D eigenvalue weighted by molar-refractivity contribution is 8.00. The van der Waals surface area contributed by atoms with Crippen molar-refractivity contribution in [2.45, 2.75) is 13.0 Å². The molecule has 2 aromatic carbocycles. The fourth-order valence-corrected chi connectivity index (χ4v) is 5.76. The number of fused-ring (bicyclic) bond motifs is 1. The highest BCUT2D eigenvalue weighted by Gasteiger charge is 2.22. The first-order valence-electron chi connectivity index (χ1n) is 14.7. The fourth-order valence-electron chi connectivity index (χ4n) is 5.15. The maximum absolute atomic E-state index is 14.3. The minimum absolute atomic E-state index is 0.0728. The number of hydrogen-bond acceptors (Lipinski definition) is 8. The molecule has 0 spiro atoms. The summed E-state index contributed by atoms with van der Waals surface area (Å²) in [6, 6.07) is 21.2. The number of nitrogens with zero attached hydrogens (tertiary/aromatic N) is 5. The van der Waals surface area contributed by atoms with Crippen LogP contribution in [0.4, 0.5) is 11.5 Å². The van der Waals surface area contributed by atoms with Gasteiger partial charge in [0.25, 0.3) is 11.5 Å². The summed E-state index contributed by atoms with van der Waals surface area (Å²) in [5.41, 5.74) is 9.57. The molecule has 0 fully saturated rings. The molecular weight excluding hydrogens is 625 g/mol. The zero-order valence-electron chi connectivity index (χ0n) is 26.0. The van der Waals surface area contributed by atoms with Crippen LogP contribution < -0.4 is 21.3 Å². The summed E-state index contributed by atoms with van der Waals surface area (Å²) in [7, 11) is -2.55. The van der Waals surface area contributed by atoms with Crippen molar-refractivity contribution in [1.82, 2.24) is 29.8 Å². The standard InChI is InChI=1S/C36H30N8O3S/c1-23(41-35(45)33-34(37)40-22-30(42-33)27-18-28(21-39-20-27)43-48(2,3)47)31-19-26-9-7-8-25(13-12-24-14-16-38-17-15-24)32(26)36(46)44(31)29-10-5-4-6-11-29/h4-11,14-23H,2H2,1,3H3,(H2,37,40)(H,41,45)(H,43,47)/t23-,48?/m0/s1. The van der Waals surface area contributed by atoms with E-state index in [4.69, 9.17) is 5.73 Å². The van der Waals surface area contributed by atoms with Gasteiger partial charge in [-0.25, -0.2) is 14.2 Å². The predicted molar refractivity (Wildman–Crippen MR) is 190 cm³/mol. The van der Waals surface area contributed by atoms with Crippen molar-refractivity contribution < 1.29 is 9.00 Å². The second-order valence-corrected chi connectivity index (χ2v) is 13.3. The Hall–Kier alpha value is -6.32. The quantitative estimate of drug-likeness (QED) is 0.169. The summed E-state index contributed by atoms with van der Waals surface area (Å²) in [6.45, 7) is 1.78. The predicted octanol–water partition coefficient (Wildman–Crippen LogP) is 4.38. The number of para-hydroxylation sites is 1. The highest BCUT2D eigenvalue weighted by atomic mass is 32.2. The van der Waals surface area contributed by atoms with Crippen molar-refractivity contribution in [3.05, 3.63) is 137 Å². The van der Waals surface area contributed by atoms with Crippen LogP contribution >= 0.6 is 0 Å². The first-order chi connectivity index (χ1) is 23.1. The smallest absolute Gasteiger partial charge is 0.274 e. The van der Waals surface area contributed by atoms with Crippen LogP contribution in [0.25, 0.3) is 27.7 Å². The number of pyridine rings is 3. The maximum atomic E-state index is 14.3. The molecule has 12 heteroatoms. The molecule has 1 unspecified atom stereocenters. The third-order valence-corrected chi connectivity index (χ3v) is 7.95. The summed E-state index contributed by atoms with van der Waals surface area (Å²) in [5, 5.41) is 4.07. The van der Waals surface area contributed by atoms with E-state index in [1.165, 1.54) is 18.6 Å². The van der Waals surface area contributed by atoms with Gasteiger partial charge in [-0.3, -0.25) is 24.1 Å². The van der Waals surface area contributed by atoms with E-state index in [2.05, 4.69) is 47.7 Å². The van der Waals surface area contributed by atoms with Gasteiger partial charge in [-0.15, -0.1) is 0 Å². The van der Waals surface area contributed by atoms with E-state index in [0.29, 0.717) is 44.7 Å². The number of hydrogen-bond donors (Lipinski definition) is 3. The van der Waals surface area contributed by atoms with Crippen LogP contribution in [0.2, 0.25) is 0 Å². The van der Waals surface area contributed by atoms with Gasteiger partial charge in [-0.2, -0.15) is 0 Å². The molecule has 0 radical (unpaired) electrons. The fraction of sp³-hybridized carbons (Fsp3) is 0.0833. The summed E-state index contributed by atoms with van der Waals surface area (Å²) < 4.78 is 16.5. The van der Waals surface area contributed by atoms with E-state index >= 15 is 0 Å². The second kappa shape index (κ2) is 13.2. The van der Waals surface area contributed by atoms with Crippen molar-refractivity contribution in [1.29, 1.82) is 0 Å². The molecule has 11 nitrogen and oxygen atoms in total. The summed E-state index contributed by atoms with van der Waals surface area (Å²) in [6.07, 6.45) is 9.26. The van der Waals surface area contributed by atoms with Gasteiger partial charge in [0, 0.05) is 62.6 Å². The van der Waals surface area contributed by atoms with E-state index in [-0.39, 0.29) is 17.1 Å². The minimum atomic E-state index is -2.55. The van der Waals surface area contributed by atoms with Crippen LogP contribution in [0, 0.1) is 11.8 Å². The highest BCUT2D eigenvalue weighted by Crippen LogP contribution is 2.25.